The molecule has 1 rings (SSSR count). The second-order valence-corrected chi connectivity index (χ2v) is 8.19. The molecule has 0 unspecified atom stereocenters. The van der Waals surface area contributed by atoms with Gasteiger partial charge < -0.3 is 9.64 Å². The molecule has 1 aromatic rings. The van der Waals surface area contributed by atoms with Crippen LogP contribution in [0.4, 0.5) is 4.79 Å². The number of hydrogen-bond donors (Lipinski definition) is 0. The molecule has 0 bridgehead atoms. The van der Waals surface area contributed by atoms with Crippen LogP contribution < -0.4 is 0 Å². The van der Waals surface area contributed by atoms with Crippen LogP contribution in [-0.2, 0) is 11.2 Å². The normalized spacial score (nSPS) is 14.0. The summed E-state index contributed by atoms with van der Waals surface area (Å²) in [5.41, 5.74) is -0.219. The highest BCUT2D eigenvalue weighted by Crippen LogP contribution is 2.22. The topological polar surface area (TPSA) is 29.5 Å². The van der Waals surface area contributed by atoms with E-state index in [0.29, 0.717) is 13.0 Å². The number of benzene rings is 1. The third-order valence-corrected chi connectivity index (χ3v) is 4.21. The van der Waals surface area contributed by atoms with Crippen molar-refractivity contribution in [3.8, 4) is 0 Å². The lowest BCUT2D eigenvalue weighted by molar-refractivity contribution is 0.0123. The first-order chi connectivity index (χ1) is 11.2. The Morgan fingerprint density at radius 1 is 1.12 bits per heavy atom. The van der Waals surface area contributed by atoms with Crippen LogP contribution in [0.5, 0.6) is 0 Å². The number of amides is 1. The summed E-state index contributed by atoms with van der Waals surface area (Å²) >= 11 is 3.44. The zero-order valence-corrected chi connectivity index (χ0v) is 16.9. The van der Waals surface area contributed by atoms with Crippen LogP contribution in [0.15, 0.2) is 30.3 Å². The van der Waals surface area contributed by atoms with Crippen LogP contribution in [0.2, 0.25) is 0 Å². The second-order valence-electron chi connectivity index (χ2n) is 7.40. The Labute approximate surface area is 156 Å². The summed E-state index contributed by atoms with van der Waals surface area (Å²) in [5.74, 6) is 0. The molecule has 0 saturated heterocycles. The Balaban J connectivity index is 2.86. The van der Waals surface area contributed by atoms with Crippen molar-refractivity contribution in [3.63, 3.8) is 0 Å². The van der Waals surface area contributed by atoms with Crippen LogP contribution >= 0.6 is 15.9 Å². The number of carbonyl (C=O) groups excluding carboxylic acids is 1. The van der Waals surface area contributed by atoms with E-state index in [1.807, 2.05) is 58.0 Å². The van der Waals surface area contributed by atoms with Crippen molar-refractivity contribution in [3.05, 3.63) is 35.9 Å². The van der Waals surface area contributed by atoms with E-state index in [9.17, 15) is 4.79 Å². The fraction of sp³-hybridized carbons (Fsp3) is 0.632. The molecule has 0 N–H and O–H groups in total. The average Bonchev–Trinajstić information content (AvgIpc) is 2.45. The molecule has 0 aromatic heterocycles. The summed E-state index contributed by atoms with van der Waals surface area (Å²) in [7, 11) is 6.54. The fourth-order valence-electron chi connectivity index (χ4n) is 2.52. The average molecular weight is 394 g/mol. The van der Waals surface area contributed by atoms with E-state index < -0.39 is 11.0 Å². The summed E-state index contributed by atoms with van der Waals surface area (Å²) in [5, 5.41) is 0.976. The van der Waals surface area contributed by atoms with Gasteiger partial charge in [-0.3, -0.25) is 0 Å². The summed E-state index contributed by atoms with van der Waals surface area (Å²) in [6.07, 6.45) is 3.29. The van der Waals surface area contributed by atoms with E-state index in [0.717, 1.165) is 30.2 Å². The van der Waals surface area contributed by atoms with Crippen LogP contribution in [0.1, 0.15) is 52.5 Å². The van der Waals surface area contributed by atoms with Gasteiger partial charge in [-0.1, -0.05) is 52.7 Å². The van der Waals surface area contributed by atoms with E-state index in [2.05, 4.69) is 15.9 Å². The number of nitrogens with zero attached hydrogens (tertiary/aromatic N) is 1. The van der Waals surface area contributed by atoms with Crippen LogP contribution in [-0.4, -0.2) is 41.8 Å². The zero-order valence-electron chi connectivity index (χ0n) is 15.3. The molecule has 0 spiro atoms. The van der Waals surface area contributed by atoms with Gasteiger partial charge >= 0.3 is 6.09 Å². The molecule has 0 fully saturated rings. The van der Waals surface area contributed by atoms with E-state index >= 15 is 0 Å². The van der Waals surface area contributed by atoms with Crippen LogP contribution in [0.3, 0.4) is 0 Å². The Hall–Kier alpha value is -0.965. The maximum atomic E-state index is 12.7. The highest BCUT2D eigenvalue weighted by molar-refractivity contribution is 9.09. The van der Waals surface area contributed by atoms with E-state index in [4.69, 9.17) is 12.6 Å². The molecular formula is C19H29BBrNO2. The van der Waals surface area contributed by atoms with Gasteiger partial charge in [0, 0.05) is 17.3 Å². The van der Waals surface area contributed by atoms with Crippen molar-refractivity contribution in [2.75, 3.05) is 11.9 Å². The molecule has 0 aliphatic carbocycles. The second kappa shape index (κ2) is 9.50. The number of ether oxygens (including phenoxy) is 1. The smallest absolute Gasteiger partial charge is 0.410 e. The SMILES string of the molecule is [B][C@@](C)(Cc1ccccc1)N(CCCCCBr)C(=O)OC(C)(C)C. The first kappa shape index (κ1) is 21.1. The lowest BCUT2D eigenvalue weighted by Gasteiger charge is -2.40. The first-order valence-corrected chi connectivity index (χ1v) is 9.67. The summed E-state index contributed by atoms with van der Waals surface area (Å²) in [4.78, 5) is 14.4. The molecule has 0 heterocycles. The number of hydrogen-bond acceptors (Lipinski definition) is 2. The molecule has 5 heteroatoms. The molecule has 0 aliphatic rings. The lowest BCUT2D eigenvalue weighted by atomic mass is 9.73. The van der Waals surface area contributed by atoms with Gasteiger partial charge in [0.1, 0.15) is 13.4 Å². The predicted octanol–water partition coefficient (Wildman–Crippen LogP) is 4.92. The Morgan fingerprint density at radius 3 is 2.29 bits per heavy atom. The number of carbonyl (C=O) groups is 1. The third kappa shape index (κ3) is 7.74. The number of halogens is 1. The highest BCUT2D eigenvalue weighted by atomic mass is 79.9. The fourth-order valence-corrected chi connectivity index (χ4v) is 2.91. The number of unbranched alkanes of at least 4 members (excludes halogenated alkanes) is 2. The van der Waals surface area contributed by atoms with Crippen molar-refractivity contribution >= 4 is 29.9 Å². The number of rotatable bonds is 8. The van der Waals surface area contributed by atoms with Gasteiger partial charge in [0.25, 0.3) is 0 Å². The minimum atomic E-state index is -0.794. The quantitative estimate of drug-likeness (QED) is 0.356. The molecule has 132 valence electrons. The summed E-state index contributed by atoms with van der Waals surface area (Å²) in [6, 6.07) is 10.0. The van der Waals surface area contributed by atoms with Crippen molar-refractivity contribution in [2.24, 2.45) is 0 Å². The lowest BCUT2D eigenvalue weighted by Crippen LogP contribution is -2.53. The van der Waals surface area contributed by atoms with Gasteiger partial charge in [0.05, 0.1) is 0 Å². The van der Waals surface area contributed by atoms with E-state index in [1.54, 1.807) is 4.90 Å². The monoisotopic (exact) mass is 393 g/mol. The molecule has 1 amide bonds. The molecule has 1 aromatic carbocycles. The van der Waals surface area contributed by atoms with E-state index in [1.165, 1.54) is 0 Å². The van der Waals surface area contributed by atoms with Gasteiger partial charge in [0.2, 0.25) is 0 Å². The highest BCUT2D eigenvalue weighted by Gasteiger charge is 2.33. The first-order valence-electron chi connectivity index (χ1n) is 8.55. The molecule has 1 atom stereocenters. The largest absolute Gasteiger partial charge is 0.444 e. The molecule has 2 radical (unpaired) electrons. The van der Waals surface area contributed by atoms with Crippen molar-refractivity contribution in [2.45, 2.75) is 64.4 Å². The minimum absolute atomic E-state index is 0.345. The van der Waals surface area contributed by atoms with Gasteiger partial charge in [-0.15, -0.1) is 0 Å². The molecule has 3 nitrogen and oxygen atoms in total. The van der Waals surface area contributed by atoms with Crippen molar-refractivity contribution in [1.82, 2.24) is 4.90 Å². The molecule has 0 saturated carbocycles. The van der Waals surface area contributed by atoms with Gasteiger partial charge in [0.15, 0.2) is 0 Å². The summed E-state index contributed by atoms with van der Waals surface area (Å²) < 4.78 is 5.58. The Bertz CT molecular complexity index is 500. The minimum Gasteiger partial charge on any atom is -0.444 e. The summed E-state index contributed by atoms with van der Waals surface area (Å²) in [6.45, 7) is 8.12. The van der Waals surface area contributed by atoms with Gasteiger partial charge in [-0.05, 0) is 52.5 Å². The molecule has 0 aliphatic heterocycles. The maximum Gasteiger partial charge on any atom is 0.410 e. The Morgan fingerprint density at radius 2 is 1.75 bits per heavy atom. The zero-order chi connectivity index (χ0) is 18.2. The molecular weight excluding hydrogens is 365 g/mol. The molecule has 24 heavy (non-hydrogen) atoms. The Kier molecular flexibility index (Phi) is 8.34. The van der Waals surface area contributed by atoms with Crippen molar-refractivity contribution < 1.29 is 9.53 Å². The van der Waals surface area contributed by atoms with E-state index in [-0.39, 0.29) is 6.09 Å². The van der Waals surface area contributed by atoms with Crippen LogP contribution in [0.25, 0.3) is 0 Å². The van der Waals surface area contributed by atoms with Crippen molar-refractivity contribution in [1.29, 1.82) is 0 Å². The number of alkyl halides is 1. The maximum absolute atomic E-state index is 12.7. The standard InChI is InChI=1S/C19H29BBrNO2/c1-18(2,3)24-17(23)22(14-10-6-9-13-21)19(4,20)15-16-11-7-5-8-12-16/h5,7-8,11-12H,6,9-10,13-15H2,1-4H3/t19-/m1/s1. The van der Waals surface area contributed by atoms with Gasteiger partial charge in [-0.25, -0.2) is 4.79 Å². The van der Waals surface area contributed by atoms with Gasteiger partial charge in [-0.2, -0.15) is 0 Å². The van der Waals surface area contributed by atoms with Crippen LogP contribution in [0, 0.1) is 0 Å². The predicted molar refractivity (Wildman–Crippen MR) is 105 cm³/mol. The third-order valence-electron chi connectivity index (χ3n) is 3.65.